The third-order valence-electron chi connectivity index (χ3n) is 3.53. The Morgan fingerprint density at radius 1 is 1.04 bits per heavy atom. The summed E-state index contributed by atoms with van der Waals surface area (Å²) in [5.74, 6) is -0.240. The van der Waals surface area contributed by atoms with E-state index in [4.69, 9.17) is 0 Å². The fourth-order valence-corrected chi connectivity index (χ4v) is 2.08. The molecule has 1 heterocycles. The van der Waals surface area contributed by atoms with Crippen molar-refractivity contribution >= 4 is 11.8 Å². The molecular weight excluding hydrogens is 338 g/mol. The van der Waals surface area contributed by atoms with Crippen molar-refractivity contribution < 1.29 is 9.59 Å². The van der Waals surface area contributed by atoms with Gasteiger partial charge in [0, 0.05) is 19.3 Å². The first kappa shape index (κ1) is 22.6. The Morgan fingerprint density at radius 3 is 2.22 bits per heavy atom. The van der Waals surface area contributed by atoms with Crippen molar-refractivity contribution in [3.05, 3.63) is 54.4 Å². The maximum atomic E-state index is 12.6. The molecule has 2 amide bonds. The molecule has 1 N–H and O–H groups in total. The SMILES string of the molecule is CC(C)(C)/C=C/C(=O)NCCN(Cc1ccccn1)C(=O)/C=C/C(C)(C)C. The monoisotopic (exact) mass is 371 g/mol. The van der Waals surface area contributed by atoms with E-state index in [1.165, 1.54) is 0 Å². The summed E-state index contributed by atoms with van der Waals surface area (Å²) in [6.07, 6.45) is 8.62. The number of rotatable bonds is 7. The van der Waals surface area contributed by atoms with E-state index < -0.39 is 0 Å². The predicted molar refractivity (Wildman–Crippen MR) is 110 cm³/mol. The van der Waals surface area contributed by atoms with Gasteiger partial charge in [-0.05, 0) is 35.1 Å². The summed E-state index contributed by atoms with van der Waals surface area (Å²) in [7, 11) is 0. The minimum atomic E-state index is -0.152. The van der Waals surface area contributed by atoms with Gasteiger partial charge >= 0.3 is 0 Å². The number of nitrogens with one attached hydrogen (secondary N) is 1. The lowest BCUT2D eigenvalue weighted by Crippen LogP contribution is -2.37. The Labute approximate surface area is 163 Å². The van der Waals surface area contributed by atoms with Gasteiger partial charge in [-0.1, -0.05) is 59.8 Å². The molecule has 0 saturated heterocycles. The van der Waals surface area contributed by atoms with Gasteiger partial charge in [-0.2, -0.15) is 0 Å². The van der Waals surface area contributed by atoms with Crippen molar-refractivity contribution in [1.82, 2.24) is 15.2 Å². The Kier molecular flexibility index (Phi) is 8.41. The minimum Gasteiger partial charge on any atom is -0.351 e. The van der Waals surface area contributed by atoms with Gasteiger partial charge in [0.25, 0.3) is 0 Å². The van der Waals surface area contributed by atoms with E-state index in [0.717, 1.165) is 5.69 Å². The zero-order chi connectivity index (χ0) is 20.5. The zero-order valence-corrected chi connectivity index (χ0v) is 17.5. The predicted octanol–water partition coefficient (Wildman–Crippen LogP) is 3.73. The topological polar surface area (TPSA) is 62.3 Å². The molecule has 0 unspecified atom stereocenters. The molecule has 1 aromatic heterocycles. The van der Waals surface area contributed by atoms with E-state index in [1.54, 1.807) is 23.2 Å². The van der Waals surface area contributed by atoms with Crippen molar-refractivity contribution in [2.24, 2.45) is 10.8 Å². The first-order valence-corrected chi connectivity index (χ1v) is 9.31. The Bertz CT molecular complexity index is 665. The number of amides is 2. The fraction of sp³-hybridized carbons (Fsp3) is 0.500. The van der Waals surface area contributed by atoms with Crippen LogP contribution in [0.5, 0.6) is 0 Å². The largest absolute Gasteiger partial charge is 0.351 e. The van der Waals surface area contributed by atoms with Gasteiger partial charge in [0.15, 0.2) is 0 Å². The molecule has 0 saturated carbocycles. The van der Waals surface area contributed by atoms with Crippen molar-refractivity contribution in [2.45, 2.75) is 48.1 Å². The molecule has 0 aromatic carbocycles. The zero-order valence-electron chi connectivity index (χ0n) is 17.5. The first-order chi connectivity index (χ1) is 12.5. The lowest BCUT2D eigenvalue weighted by molar-refractivity contribution is -0.127. The number of hydrogen-bond acceptors (Lipinski definition) is 3. The molecular formula is C22H33N3O2. The summed E-state index contributed by atoms with van der Waals surface area (Å²) < 4.78 is 0. The number of carbonyl (C=O) groups is 2. The number of pyridine rings is 1. The Morgan fingerprint density at radius 2 is 1.67 bits per heavy atom. The summed E-state index contributed by atoms with van der Waals surface area (Å²) in [6, 6.07) is 5.63. The van der Waals surface area contributed by atoms with E-state index in [-0.39, 0.29) is 22.6 Å². The molecule has 1 aromatic rings. The fourth-order valence-electron chi connectivity index (χ4n) is 2.08. The van der Waals surface area contributed by atoms with Crippen LogP contribution in [-0.2, 0) is 16.1 Å². The molecule has 0 aliphatic rings. The van der Waals surface area contributed by atoms with Crippen LogP contribution < -0.4 is 5.32 Å². The standard InChI is InChI=1S/C22H33N3O2/c1-21(2,3)12-10-19(26)24-15-16-25(17-18-9-7-8-14-23-18)20(27)11-13-22(4,5)6/h7-14H,15-17H2,1-6H3,(H,24,26)/b12-10+,13-11+. The lowest BCUT2D eigenvalue weighted by Gasteiger charge is -2.22. The van der Waals surface area contributed by atoms with Gasteiger partial charge in [0.2, 0.25) is 11.8 Å². The second-order valence-electron chi connectivity index (χ2n) is 8.77. The van der Waals surface area contributed by atoms with Crippen molar-refractivity contribution in [3.63, 3.8) is 0 Å². The second kappa shape index (κ2) is 10.0. The molecule has 27 heavy (non-hydrogen) atoms. The van der Waals surface area contributed by atoms with Gasteiger partial charge in [0.05, 0.1) is 12.2 Å². The quantitative estimate of drug-likeness (QED) is 0.743. The minimum absolute atomic E-state index is 0.0456. The molecule has 1 rings (SSSR count). The highest BCUT2D eigenvalue weighted by Gasteiger charge is 2.14. The number of nitrogens with zero attached hydrogens (tertiary/aromatic N) is 2. The third-order valence-corrected chi connectivity index (χ3v) is 3.53. The van der Waals surface area contributed by atoms with Gasteiger partial charge in [0.1, 0.15) is 0 Å². The first-order valence-electron chi connectivity index (χ1n) is 9.31. The van der Waals surface area contributed by atoms with Gasteiger partial charge in [-0.3, -0.25) is 14.6 Å². The molecule has 0 spiro atoms. The van der Waals surface area contributed by atoms with E-state index in [2.05, 4.69) is 10.3 Å². The van der Waals surface area contributed by atoms with E-state index >= 15 is 0 Å². The van der Waals surface area contributed by atoms with Crippen LogP contribution in [0.3, 0.4) is 0 Å². The highest BCUT2D eigenvalue weighted by molar-refractivity contribution is 5.88. The third kappa shape index (κ3) is 11.0. The van der Waals surface area contributed by atoms with Gasteiger partial charge in [-0.25, -0.2) is 0 Å². The second-order valence-corrected chi connectivity index (χ2v) is 8.77. The molecule has 5 heteroatoms. The molecule has 0 atom stereocenters. The average molecular weight is 372 g/mol. The van der Waals surface area contributed by atoms with Crippen molar-refractivity contribution in [3.8, 4) is 0 Å². The Hall–Kier alpha value is -2.43. The number of carbonyl (C=O) groups excluding carboxylic acids is 2. The van der Waals surface area contributed by atoms with Crippen LogP contribution in [0, 0.1) is 10.8 Å². The van der Waals surface area contributed by atoms with Crippen molar-refractivity contribution in [1.29, 1.82) is 0 Å². The highest BCUT2D eigenvalue weighted by Crippen LogP contribution is 2.15. The highest BCUT2D eigenvalue weighted by atomic mass is 16.2. The molecule has 0 radical (unpaired) electrons. The number of hydrogen-bond donors (Lipinski definition) is 1. The number of allylic oxidation sites excluding steroid dienone is 2. The van der Waals surface area contributed by atoms with Crippen LogP contribution in [0.25, 0.3) is 0 Å². The van der Waals surface area contributed by atoms with E-state index in [0.29, 0.717) is 19.6 Å². The van der Waals surface area contributed by atoms with Gasteiger partial charge in [-0.15, -0.1) is 0 Å². The summed E-state index contributed by atoms with van der Waals surface area (Å²) in [5.41, 5.74) is 0.697. The summed E-state index contributed by atoms with van der Waals surface area (Å²) in [4.78, 5) is 30.5. The van der Waals surface area contributed by atoms with Crippen LogP contribution in [0.15, 0.2) is 48.7 Å². The van der Waals surface area contributed by atoms with Crippen LogP contribution in [-0.4, -0.2) is 34.8 Å². The lowest BCUT2D eigenvalue weighted by atomic mass is 9.96. The summed E-state index contributed by atoms with van der Waals surface area (Å²) in [6.45, 7) is 13.4. The molecule has 0 bridgehead atoms. The van der Waals surface area contributed by atoms with Gasteiger partial charge < -0.3 is 10.2 Å². The van der Waals surface area contributed by atoms with Crippen LogP contribution >= 0.6 is 0 Å². The summed E-state index contributed by atoms with van der Waals surface area (Å²) >= 11 is 0. The van der Waals surface area contributed by atoms with Crippen molar-refractivity contribution in [2.75, 3.05) is 13.1 Å². The van der Waals surface area contributed by atoms with Crippen LogP contribution in [0.1, 0.15) is 47.2 Å². The van der Waals surface area contributed by atoms with Crippen LogP contribution in [0.2, 0.25) is 0 Å². The molecule has 148 valence electrons. The smallest absolute Gasteiger partial charge is 0.246 e. The molecule has 5 nitrogen and oxygen atoms in total. The molecule has 0 aliphatic carbocycles. The summed E-state index contributed by atoms with van der Waals surface area (Å²) in [5, 5.41) is 2.83. The maximum Gasteiger partial charge on any atom is 0.246 e. The molecule has 0 fully saturated rings. The van der Waals surface area contributed by atoms with E-state index in [1.807, 2.05) is 71.9 Å². The van der Waals surface area contributed by atoms with E-state index in [9.17, 15) is 9.59 Å². The maximum absolute atomic E-state index is 12.6. The number of aromatic nitrogens is 1. The molecule has 0 aliphatic heterocycles. The normalized spacial score (nSPS) is 12.5. The Balaban J connectivity index is 2.71. The average Bonchev–Trinajstić information content (AvgIpc) is 2.56. The van der Waals surface area contributed by atoms with Crippen LogP contribution in [0.4, 0.5) is 0 Å².